The van der Waals surface area contributed by atoms with Crippen molar-refractivity contribution >= 4 is 7.82 Å². The van der Waals surface area contributed by atoms with Gasteiger partial charge in [0.1, 0.15) is 12.7 Å². The second kappa shape index (κ2) is 6.72. The molecule has 0 amide bonds. The lowest BCUT2D eigenvalue weighted by Gasteiger charge is -2.12. The summed E-state index contributed by atoms with van der Waals surface area (Å²) in [7, 11) is -4.36. The highest BCUT2D eigenvalue weighted by Gasteiger charge is 2.27. The SMILES string of the molecule is NCCc1cn(OP(=O)(O)On2cnc(CCN)c2)cn1. The van der Waals surface area contributed by atoms with Gasteiger partial charge in [0.25, 0.3) is 0 Å². The van der Waals surface area contributed by atoms with Crippen LogP contribution in [-0.2, 0) is 17.4 Å². The van der Waals surface area contributed by atoms with E-state index in [1.54, 1.807) is 0 Å². The van der Waals surface area contributed by atoms with E-state index < -0.39 is 7.82 Å². The van der Waals surface area contributed by atoms with Crippen LogP contribution in [0, 0.1) is 0 Å². The molecule has 2 aromatic heterocycles. The maximum absolute atomic E-state index is 11.9. The zero-order valence-electron chi connectivity index (χ0n) is 11.2. The van der Waals surface area contributed by atoms with Crippen molar-refractivity contribution in [3.8, 4) is 0 Å². The normalized spacial score (nSPS) is 11.6. The Bertz CT molecular complexity index is 576. The van der Waals surface area contributed by atoms with Crippen molar-refractivity contribution in [2.75, 3.05) is 13.1 Å². The largest absolute Gasteiger partial charge is 0.623 e. The highest BCUT2D eigenvalue weighted by molar-refractivity contribution is 7.47. The van der Waals surface area contributed by atoms with Crippen LogP contribution in [0.25, 0.3) is 0 Å². The van der Waals surface area contributed by atoms with E-state index in [1.165, 1.54) is 25.0 Å². The number of nitrogens with zero attached hydrogens (tertiary/aromatic N) is 4. The quantitative estimate of drug-likeness (QED) is 0.512. The molecule has 2 heterocycles. The van der Waals surface area contributed by atoms with Gasteiger partial charge in [-0.2, -0.15) is 9.46 Å². The molecule has 10 nitrogen and oxygen atoms in total. The van der Waals surface area contributed by atoms with Gasteiger partial charge in [0, 0.05) is 12.8 Å². The van der Waals surface area contributed by atoms with Crippen molar-refractivity contribution in [3.63, 3.8) is 0 Å². The topological polar surface area (TPSA) is 143 Å². The Morgan fingerprint density at radius 1 is 1.05 bits per heavy atom. The summed E-state index contributed by atoms with van der Waals surface area (Å²) >= 11 is 0. The minimum atomic E-state index is -4.36. The van der Waals surface area contributed by atoms with Crippen molar-refractivity contribution in [1.29, 1.82) is 0 Å². The summed E-state index contributed by atoms with van der Waals surface area (Å²) in [5, 5.41) is 0. The molecule has 0 aliphatic rings. The lowest BCUT2D eigenvalue weighted by atomic mass is 10.3. The minimum absolute atomic E-state index is 0.420. The van der Waals surface area contributed by atoms with Crippen LogP contribution in [0.3, 0.4) is 0 Å². The molecular weight excluding hydrogens is 299 g/mol. The third-order valence-electron chi connectivity index (χ3n) is 2.42. The van der Waals surface area contributed by atoms with Crippen LogP contribution >= 0.6 is 7.82 Å². The molecule has 0 radical (unpaired) electrons. The fraction of sp³-hybridized carbons (Fsp3) is 0.400. The number of rotatable bonds is 8. The van der Waals surface area contributed by atoms with Gasteiger partial charge >= 0.3 is 7.82 Å². The molecule has 0 saturated heterocycles. The van der Waals surface area contributed by atoms with E-state index in [9.17, 15) is 9.46 Å². The van der Waals surface area contributed by atoms with Crippen molar-refractivity contribution in [3.05, 3.63) is 36.4 Å². The monoisotopic (exact) mass is 316 g/mol. The van der Waals surface area contributed by atoms with Gasteiger partial charge in [-0.15, -0.1) is 0 Å². The molecular formula is C10H17N6O4P. The van der Waals surface area contributed by atoms with Gasteiger partial charge in [-0.25, -0.2) is 14.5 Å². The maximum Gasteiger partial charge on any atom is 0.623 e. The standard InChI is InChI=1S/C10H17N6O4P/c11-3-1-9-5-15(7-13-9)19-21(17,18)20-16-6-10(2-4-12)14-8-16/h5-8H,1-4,11-12H2,(H,17,18). The predicted octanol–water partition coefficient (Wildman–Crippen LogP) is -1.26. The summed E-state index contributed by atoms with van der Waals surface area (Å²) in [6.45, 7) is 0.840. The molecule has 11 heteroatoms. The summed E-state index contributed by atoms with van der Waals surface area (Å²) in [4.78, 5) is 17.6. The summed E-state index contributed by atoms with van der Waals surface area (Å²) < 4.78 is 23.5. The van der Waals surface area contributed by atoms with Gasteiger partial charge in [0.15, 0.2) is 0 Å². The third kappa shape index (κ3) is 4.57. The highest BCUT2D eigenvalue weighted by atomic mass is 31.2. The van der Waals surface area contributed by atoms with Gasteiger partial charge in [-0.1, -0.05) is 0 Å². The average molecular weight is 316 g/mol. The summed E-state index contributed by atoms with van der Waals surface area (Å²) in [6, 6.07) is 0. The van der Waals surface area contributed by atoms with Gasteiger partial charge in [-0.05, 0) is 13.1 Å². The molecule has 0 spiro atoms. The second-order valence-electron chi connectivity index (χ2n) is 4.16. The second-order valence-corrected chi connectivity index (χ2v) is 5.42. The fourth-order valence-corrected chi connectivity index (χ4v) is 2.27. The van der Waals surface area contributed by atoms with Crippen LogP contribution in [0.15, 0.2) is 25.0 Å². The molecule has 0 aliphatic heterocycles. The van der Waals surface area contributed by atoms with Crippen LogP contribution in [0.5, 0.6) is 0 Å². The molecule has 0 aromatic carbocycles. The Hall–Kier alpha value is -1.87. The zero-order valence-corrected chi connectivity index (χ0v) is 12.1. The van der Waals surface area contributed by atoms with Crippen molar-refractivity contribution < 1.29 is 18.7 Å². The first-order chi connectivity index (χ1) is 10.0. The van der Waals surface area contributed by atoms with Crippen LogP contribution in [-0.4, -0.2) is 37.4 Å². The number of aromatic nitrogens is 4. The lowest BCUT2D eigenvalue weighted by molar-refractivity contribution is 0.126. The number of hydrogen-bond acceptors (Lipinski definition) is 7. The van der Waals surface area contributed by atoms with Crippen LogP contribution < -0.4 is 20.7 Å². The van der Waals surface area contributed by atoms with E-state index in [1.807, 2.05) is 0 Å². The molecule has 21 heavy (non-hydrogen) atoms. The lowest BCUT2D eigenvalue weighted by Crippen LogP contribution is -2.16. The predicted molar refractivity (Wildman–Crippen MR) is 73.0 cm³/mol. The van der Waals surface area contributed by atoms with Crippen LogP contribution in [0.4, 0.5) is 0 Å². The Morgan fingerprint density at radius 2 is 1.48 bits per heavy atom. The zero-order chi connectivity index (χ0) is 15.3. The first-order valence-electron chi connectivity index (χ1n) is 6.21. The Balaban J connectivity index is 1.98. The van der Waals surface area contributed by atoms with Crippen molar-refractivity contribution in [1.82, 2.24) is 19.4 Å². The van der Waals surface area contributed by atoms with E-state index in [2.05, 4.69) is 9.97 Å². The van der Waals surface area contributed by atoms with Crippen LogP contribution in [0.2, 0.25) is 0 Å². The van der Waals surface area contributed by atoms with E-state index in [0.717, 1.165) is 9.46 Å². The maximum atomic E-state index is 11.9. The molecule has 2 rings (SSSR count). The summed E-state index contributed by atoms with van der Waals surface area (Å²) in [5.41, 5.74) is 12.1. The average Bonchev–Trinajstić information content (AvgIpc) is 2.99. The number of imidazole rings is 2. The number of nitrogens with two attached hydrogens (primary N) is 2. The van der Waals surface area contributed by atoms with Crippen molar-refractivity contribution in [2.24, 2.45) is 11.5 Å². The smallest absolute Gasteiger partial charge is 0.330 e. The molecule has 5 N–H and O–H groups in total. The molecule has 0 unspecified atom stereocenters. The van der Waals surface area contributed by atoms with E-state index in [0.29, 0.717) is 37.3 Å². The van der Waals surface area contributed by atoms with E-state index in [4.69, 9.17) is 20.7 Å². The van der Waals surface area contributed by atoms with Gasteiger partial charge in [0.2, 0.25) is 0 Å². The Morgan fingerprint density at radius 3 is 1.86 bits per heavy atom. The first kappa shape index (κ1) is 15.5. The van der Waals surface area contributed by atoms with E-state index in [-0.39, 0.29) is 0 Å². The Kier molecular flexibility index (Phi) is 4.97. The van der Waals surface area contributed by atoms with Gasteiger partial charge in [0.05, 0.1) is 23.8 Å². The molecule has 0 aliphatic carbocycles. The Labute approximate surface area is 120 Å². The van der Waals surface area contributed by atoms with Crippen molar-refractivity contribution in [2.45, 2.75) is 12.8 Å². The number of phosphoric acid groups is 1. The molecule has 0 atom stereocenters. The molecule has 2 aromatic rings. The van der Waals surface area contributed by atoms with Gasteiger partial charge in [-0.3, -0.25) is 14.1 Å². The molecule has 116 valence electrons. The van der Waals surface area contributed by atoms with Crippen LogP contribution in [0.1, 0.15) is 11.4 Å². The fourth-order valence-electron chi connectivity index (χ4n) is 1.59. The highest BCUT2D eigenvalue weighted by Crippen LogP contribution is 2.35. The minimum Gasteiger partial charge on any atom is -0.330 e. The third-order valence-corrected chi connectivity index (χ3v) is 3.21. The molecule has 0 saturated carbocycles. The van der Waals surface area contributed by atoms with Gasteiger partial charge < -0.3 is 11.5 Å². The van der Waals surface area contributed by atoms with E-state index >= 15 is 0 Å². The number of hydrogen-bond donors (Lipinski definition) is 3. The summed E-state index contributed by atoms with van der Waals surface area (Å²) in [6.07, 6.45) is 6.49. The first-order valence-corrected chi connectivity index (χ1v) is 7.71. The molecule has 0 bridgehead atoms. The molecule has 0 fully saturated rings. The summed E-state index contributed by atoms with van der Waals surface area (Å²) in [5.74, 6) is 0.